The normalized spacial score (nSPS) is 38.6. The highest BCUT2D eigenvalue weighted by Crippen LogP contribution is 2.67. The van der Waals surface area contributed by atoms with Crippen LogP contribution in [0.1, 0.15) is 50.9 Å². The lowest BCUT2D eigenvalue weighted by Gasteiger charge is -2.53. The van der Waals surface area contributed by atoms with Gasteiger partial charge in [0.25, 0.3) is 0 Å². The number of para-hydroxylation sites is 1. The molecule has 3 nitrogen and oxygen atoms in total. The van der Waals surface area contributed by atoms with E-state index >= 15 is 0 Å². The first-order valence-electron chi connectivity index (χ1n) is 9.34. The molecule has 0 N–H and O–H groups in total. The molecular weight excluding hydrogens is 296 g/mol. The smallest absolute Gasteiger partial charge is 0.143 e. The summed E-state index contributed by atoms with van der Waals surface area (Å²) in [7, 11) is 0. The summed E-state index contributed by atoms with van der Waals surface area (Å²) in [6.07, 6.45) is 6.10. The van der Waals surface area contributed by atoms with Gasteiger partial charge in [-0.05, 0) is 43.9 Å². The standard InChI is InChI=1S/C21H24N2O/c1-4-21-12-20(3)23-16-8-6-5-7-14(16)15-9-10-22(18(21)17(15)23)11-13(2)19(21)24-20/h5-8,11,18-19H,4,9-10,12H2,1-3H3. The summed E-state index contributed by atoms with van der Waals surface area (Å²) in [5, 5.41) is 1.44. The molecule has 0 aliphatic carbocycles. The molecule has 0 amide bonds. The molecule has 4 aliphatic rings. The largest absolute Gasteiger partial charge is 0.368 e. The Hall–Kier alpha value is -1.74. The fourth-order valence-electron chi connectivity index (χ4n) is 6.52. The third kappa shape index (κ3) is 1.23. The molecule has 2 aromatic rings. The minimum absolute atomic E-state index is 0.215. The molecule has 0 radical (unpaired) electrons. The van der Waals surface area contributed by atoms with Crippen molar-refractivity contribution in [3.05, 3.63) is 47.3 Å². The predicted octanol–water partition coefficient (Wildman–Crippen LogP) is 4.33. The van der Waals surface area contributed by atoms with E-state index in [1.54, 1.807) is 11.3 Å². The number of hydrogen-bond acceptors (Lipinski definition) is 2. The van der Waals surface area contributed by atoms with Crippen LogP contribution in [-0.4, -0.2) is 22.1 Å². The zero-order valence-electron chi connectivity index (χ0n) is 14.7. The van der Waals surface area contributed by atoms with Crippen molar-refractivity contribution >= 4 is 10.9 Å². The van der Waals surface area contributed by atoms with Crippen molar-refractivity contribution in [1.29, 1.82) is 0 Å². The molecular formula is C21H24N2O. The Morgan fingerprint density at radius 1 is 1.29 bits per heavy atom. The third-order valence-electron chi connectivity index (χ3n) is 7.24. The van der Waals surface area contributed by atoms with Crippen molar-refractivity contribution in [2.24, 2.45) is 5.41 Å². The third-order valence-corrected chi connectivity index (χ3v) is 7.24. The lowest BCUT2D eigenvalue weighted by Crippen LogP contribution is -2.53. The molecule has 1 aromatic carbocycles. The zero-order chi connectivity index (χ0) is 16.3. The summed E-state index contributed by atoms with van der Waals surface area (Å²) < 4.78 is 9.41. The minimum Gasteiger partial charge on any atom is -0.368 e. The van der Waals surface area contributed by atoms with Gasteiger partial charge in [0.05, 0.1) is 17.7 Å². The quantitative estimate of drug-likeness (QED) is 0.778. The van der Waals surface area contributed by atoms with E-state index in [1.165, 1.54) is 22.9 Å². The SMILES string of the molecule is CCC12CC3(C)OC1C(C)=CN1CCc4c(n3c3ccccc43)C12. The average Bonchev–Trinajstić information content (AvgIpc) is 3.06. The molecule has 1 fully saturated rings. The maximum atomic E-state index is 6.84. The Morgan fingerprint density at radius 3 is 2.96 bits per heavy atom. The van der Waals surface area contributed by atoms with E-state index in [-0.39, 0.29) is 17.2 Å². The molecule has 1 saturated heterocycles. The first-order chi connectivity index (χ1) is 11.6. The Labute approximate surface area is 142 Å². The van der Waals surface area contributed by atoms with E-state index in [0.29, 0.717) is 6.04 Å². The molecule has 3 heteroatoms. The number of hydrogen-bond donors (Lipinski definition) is 0. The maximum absolute atomic E-state index is 6.84. The summed E-state index contributed by atoms with van der Waals surface area (Å²) in [6.45, 7) is 8.09. The second-order valence-electron chi connectivity index (χ2n) is 8.42. The fraction of sp³-hybridized carbons (Fsp3) is 0.524. The molecule has 4 unspecified atom stereocenters. The Balaban J connectivity index is 1.79. The number of nitrogens with zero attached hydrogens (tertiary/aromatic N) is 2. The lowest BCUT2D eigenvalue weighted by molar-refractivity contribution is -0.0723. The van der Waals surface area contributed by atoms with Crippen LogP contribution in [0.5, 0.6) is 0 Å². The summed E-state index contributed by atoms with van der Waals surface area (Å²) in [5.74, 6) is 0. The molecule has 124 valence electrons. The van der Waals surface area contributed by atoms with Gasteiger partial charge < -0.3 is 14.2 Å². The molecule has 24 heavy (non-hydrogen) atoms. The molecule has 4 atom stereocenters. The molecule has 5 heterocycles. The van der Waals surface area contributed by atoms with Crippen molar-refractivity contribution in [3.8, 4) is 0 Å². The van der Waals surface area contributed by atoms with Gasteiger partial charge in [0.2, 0.25) is 0 Å². The van der Waals surface area contributed by atoms with Gasteiger partial charge in [-0.1, -0.05) is 25.1 Å². The molecule has 0 saturated carbocycles. The van der Waals surface area contributed by atoms with Crippen molar-refractivity contribution in [2.45, 2.75) is 57.9 Å². The predicted molar refractivity (Wildman–Crippen MR) is 94.7 cm³/mol. The van der Waals surface area contributed by atoms with Crippen molar-refractivity contribution in [1.82, 2.24) is 9.47 Å². The van der Waals surface area contributed by atoms with Gasteiger partial charge in [0, 0.05) is 35.7 Å². The number of rotatable bonds is 1. The summed E-state index contributed by atoms with van der Waals surface area (Å²) >= 11 is 0. The van der Waals surface area contributed by atoms with Crippen LogP contribution in [-0.2, 0) is 16.9 Å². The highest BCUT2D eigenvalue weighted by atomic mass is 16.5. The van der Waals surface area contributed by atoms with Crippen LogP contribution in [0.3, 0.4) is 0 Å². The van der Waals surface area contributed by atoms with Crippen LogP contribution in [0.4, 0.5) is 0 Å². The first-order valence-corrected chi connectivity index (χ1v) is 9.34. The zero-order valence-corrected chi connectivity index (χ0v) is 14.7. The second kappa shape index (κ2) is 3.91. The summed E-state index contributed by atoms with van der Waals surface area (Å²) in [6, 6.07) is 9.42. The van der Waals surface area contributed by atoms with Crippen molar-refractivity contribution < 1.29 is 4.74 Å². The van der Waals surface area contributed by atoms with Crippen LogP contribution < -0.4 is 0 Å². The molecule has 6 rings (SSSR count). The second-order valence-corrected chi connectivity index (χ2v) is 8.42. The van der Waals surface area contributed by atoms with E-state index in [9.17, 15) is 0 Å². The number of ether oxygens (including phenoxy) is 1. The van der Waals surface area contributed by atoms with Gasteiger partial charge in [-0.15, -0.1) is 0 Å². The van der Waals surface area contributed by atoms with E-state index in [4.69, 9.17) is 4.74 Å². The van der Waals surface area contributed by atoms with E-state index in [2.05, 4.69) is 60.7 Å². The Morgan fingerprint density at radius 2 is 2.12 bits per heavy atom. The topological polar surface area (TPSA) is 17.4 Å². The Kier molecular flexibility index (Phi) is 2.20. The molecule has 1 aromatic heterocycles. The maximum Gasteiger partial charge on any atom is 0.143 e. The minimum atomic E-state index is -0.215. The van der Waals surface area contributed by atoms with Crippen LogP contribution >= 0.6 is 0 Å². The van der Waals surface area contributed by atoms with Gasteiger partial charge in [-0.25, -0.2) is 0 Å². The summed E-state index contributed by atoms with van der Waals surface area (Å²) in [5.41, 5.74) is 5.91. The fourth-order valence-corrected chi connectivity index (χ4v) is 6.52. The van der Waals surface area contributed by atoms with Gasteiger partial charge in [0.1, 0.15) is 5.72 Å². The van der Waals surface area contributed by atoms with Gasteiger partial charge in [-0.2, -0.15) is 0 Å². The van der Waals surface area contributed by atoms with Crippen LogP contribution in [0.25, 0.3) is 10.9 Å². The van der Waals surface area contributed by atoms with Gasteiger partial charge in [-0.3, -0.25) is 0 Å². The number of fused-ring (bicyclic) bond motifs is 5. The van der Waals surface area contributed by atoms with Gasteiger partial charge in [0.15, 0.2) is 0 Å². The van der Waals surface area contributed by atoms with Gasteiger partial charge >= 0.3 is 0 Å². The highest BCUT2D eigenvalue weighted by molar-refractivity contribution is 5.87. The molecule has 4 aliphatic heterocycles. The number of aromatic nitrogens is 1. The van der Waals surface area contributed by atoms with Crippen LogP contribution in [0.15, 0.2) is 36.0 Å². The monoisotopic (exact) mass is 320 g/mol. The average molecular weight is 320 g/mol. The highest BCUT2D eigenvalue weighted by Gasteiger charge is 2.66. The first kappa shape index (κ1) is 13.5. The van der Waals surface area contributed by atoms with Crippen molar-refractivity contribution in [3.63, 3.8) is 0 Å². The van der Waals surface area contributed by atoms with E-state index in [1.807, 2.05) is 0 Å². The van der Waals surface area contributed by atoms with E-state index < -0.39 is 0 Å². The molecule has 0 spiro atoms. The number of benzene rings is 1. The van der Waals surface area contributed by atoms with Crippen molar-refractivity contribution in [2.75, 3.05) is 6.54 Å². The van der Waals surface area contributed by atoms with E-state index in [0.717, 1.165) is 19.4 Å². The van der Waals surface area contributed by atoms with Crippen LogP contribution in [0.2, 0.25) is 0 Å². The molecule has 2 bridgehead atoms. The lowest BCUT2D eigenvalue weighted by atomic mass is 9.63. The Bertz CT molecular complexity index is 925. The van der Waals surface area contributed by atoms with Crippen LogP contribution in [0, 0.1) is 5.41 Å². The summed E-state index contributed by atoms with van der Waals surface area (Å²) in [4.78, 5) is 2.63.